The highest BCUT2D eigenvalue weighted by atomic mass is 19.1. The van der Waals surface area contributed by atoms with E-state index in [1.165, 1.54) is 19.2 Å². The molecule has 5 rings (SSSR count). The first-order chi connectivity index (χ1) is 16.8. The van der Waals surface area contributed by atoms with Crippen LogP contribution in [0.2, 0.25) is 0 Å². The molecule has 4 aromatic rings. The van der Waals surface area contributed by atoms with Gasteiger partial charge in [-0.25, -0.2) is 18.6 Å². The molecule has 0 aliphatic carbocycles. The third kappa shape index (κ3) is 4.39. The van der Waals surface area contributed by atoms with E-state index in [1.807, 2.05) is 42.6 Å². The van der Waals surface area contributed by atoms with Crippen LogP contribution < -0.4 is 0 Å². The Bertz CT molecular complexity index is 1390. The molecule has 1 aliphatic heterocycles. The predicted octanol–water partition coefficient (Wildman–Crippen LogP) is 4.70. The number of pyridine rings is 1. The lowest BCUT2D eigenvalue weighted by atomic mass is 10.0. The van der Waals surface area contributed by atoms with Crippen molar-refractivity contribution >= 4 is 11.7 Å². The number of fused-ring (bicyclic) bond motifs is 1. The maximum atomic E-state index is 15.5. The van der Waals surface area contributed by atoms with Crippen LogP contribution in [0.5, 0.6) is 0 Å². The Morgan fingerprint density at radius 2 is 1.89 bits per heavy atom. The predicted molar refractivity (Wildman–Crippen MR) is 127 cm³/mol. The summed E-state index contributed by atoms with van der Waals surface area (Å²) in [6, 6.07) is 8.27. The number of carbonyl (C=O) groups is 1. The molecule has 0 spiro atoms. The number of methoxy groups -OCH3 is 1. The van der Waals surface area contributed by atoms with Crippen molar-refractivity contribution < 1.29 is 23.0 Å². The second-order valence-corrected chi connectivity index (χ2v) is 8.83. The number of carbonyl (C=O) groups excluding carboxylic acids is 1. The fraction of sp³-hybridized carbons (Fsp3) is 0.308. The molecule has 1 aromatic carbocycles. The molecule has 9 heteroatoms. The van der Waals surface area contributed by atoms with Crippen LogP contribution in [0.15, 0.2) is 48.9 Å². The van der Waals surface area contributed by atoms with E-state index in [1.54, 1.807) is 21.9 Å². The molecule has 4 heterocycles. The zero-order chi connectivity index (χ0) is 24.7. The van der Waals surface area contributed by atoms with Gasteiger partial charge in [-0.15, -0.1) is 0 Å². The molecule has 7 nitrogen and oxygen atoms in total. The lowest BCUT2D eigenvalue weighted by molar-refractivity contribution is -0.0241. The molecule has 0 bridgehead atoms. The molecule has 1 unspecified atom stereocenters. The molecule has 1 fully saturated rings. The smallest absolute Gasteiger partial charge is 0.409 e. The summed E-state index contributed by atoms with van der Waals surface area (Å²) < 4.78 is 45.2. The molecular formula is C26H26F2N4O3. The van der Waals surface area contributed by atoms with Crippen molar-refractivity contribution in [1.29, 1.82) is 0 Å². The van der Waals surface area contributed by atoms with Gasteiger partial charge >= 0.3 is 6.09 Å². The number of halogens is 2. The standard InChI is InChI=1S/C26H26F2N4O3/c1-16-5-7-32-22(13-19-15-31(8-9-35-19)26(33)34-3)25(29-23(32)10-16)24-20(27)11-18(12-21(24)28)30-6-4-17(2)14-30/h4-7,10-12,14,19H,8-9,13,15H2,1-3H3. The van der Waals surface area contributed by atoms with Crippen molar-refractivity contribution in [1.82, 2.24) is 18.9 Å². The first-order valence-electron chi connectivity index (χ1n) is 11.4. The van der Waals surface area contributed by atoms with E-state index in [-0.39, 0.29) is 17.4 Å². The number of ether oxygens (including phenoxy) is 2. The van der Waals surface area contributed by atoms with Gasteiger partial charge in [-0.05, 0) is 55.3 Å². The van der Waals surface area contributed by atoms with Gasteiger partial charge in [0.05, 0.1) is 49.0 Å². The minimum Gasteiger partial charge on any atom is -0.453 e. The van der Waals surface area contributed by atoms with Gasteiger partial charge in [-0.2, -0.15) is 0 Å². The lowest BCUT2D eigenvalue weighted by Gasteiger charge is -2.32. The highest BCUT2D eigenvalue weighted by molar-refractivity contribution is 5.70. The monoisotopic (exact) mass is 480 g/mol. The molecule has 1 amide bonds. The number of hydrogen-bond acceptors (Lipinski definition) is 4. The molecule has 3 aromatic heterocycles. The number of aryl methyl sites for hydroxylation is 2. The maximum Gasteiger partial charge on any atom is 0.409 e. The van der Waals surface area contributed by atoms with E-state index < -0.39 is 17.7 Å². The normalized spacial score (nSPS) is 16.1. The second-order valence-electron chi connectivity index (χ2n) is 8.83. The Balaban J connectivity index is 1.58. The van der Waals surface area contributed by atoms with Crippen LogP contribution in [0, 0.1) is 25.5 Å². The molecule has 0 N–H and O–H groups in total. The van der Waals surface area contributed by atoms with Crippen LogP contribution in [-0.4, -0.2) is 57.9 Å². The van der Waals surface area contributed by atoms with Crippen LogP contribution in [0.25, 0.3) is 22.6 Å². The van der Waals surface area contributed by atoms with Gasteiger partial charge in [0, 0.05) is 31.6 Å². The Hall–Kier alpha value is -3.72. The molecule has 1 aliphatic rings. The third-order valence-electron chi connectivity index (χ3n) is 6.28. The number of imidazole rings is 1. The third-order valence-corrected chi connectivity index (χ3v) is 6.28. The number of aromatic nitrogens is 3. The molecule has 1 saturated heterocycles. The summed E-state index contributed by atoms with van der Waals surface area (Å²) in [4.78, 5) is 18.2. The first kappa shape index (κ1) is 23.0. The van der Waals surface area contributed by atoms with Crippen LogP contribution in [-0.2, 0) is 15.9 Å². The molecule has 0 radical (unpaired) electrons. The first-order valence-corrected chi connectivity index (χ1v) is 11.4. The van der Waals surface area contributed by atoms with Crippen molar-refractivity contribution in [3.05, 3.63) is 77.4 Å². The summed E-state index contributed by atoms with van der Waals surface area (Å²) in [7, 11) is 1.34. The maximum absolute atomic E-state index is 15.5. The van der Waals surface area contributed by atoms with Gasteiger partial charge in [0.2, 0.25) is 0 Å². The van der Waals surface area contributed by atoms with E-state index in [0.717, 1.165) is 11.1 Å². The van der Waals surface area contributed by atoms with Gasteiger partial charge in [-0.1, -0.05) is 0 Å². The van der Waals surface area contributed by atoms with E-state index in [2.05, 4.69) is 4.98 Å². The molecular weight excluding hydrogens is 454 g/mol. The molecule has 1 atom stereocenters. The van der Waals surface area contributed by atoms with E-state index in [0.29, 0.717) is 43.1 Å². The van der Waals surface area contributed by atoms with Gasteiger partial charge < -0.3 is 23.3 Å². The minimum atomic E-state index is -0.700. The summed E-state index contributed by atoms with van der Waals surface area (Å²) in [6.45, 7) is 4.92. The van der Waals surface area contributed by atoms with Crippen molar-refractivity contribution in [2.75, 3.05) is 26.8 Å². The van der Waals surface area contributed by atoms with Crippen LogP contribution in [0.1, 0.15) is 16.8 Å². The Morgan fingerprint density at radius 1 is 1.14 bits per heavy atom. The fourth-order valence-corrected chi connectivity index (χ4v) is 4.54. The average Bonchev–Trinajstić information content (AvgIpc) is 3.41. The van der Waals surface area contributed by atoms with Gasteiger partial charge in [-0.3, -0.25) is 0 Å². The second kappa shape index (κ2) is 9.14. The average molecular weight is 481 g/mol. The number of nitrogens with zero attached hydrogens (tertiary/aromatic N) is 4. The zero-order valence-corrected chi connectivity index (χ0v) is 19.8. The minimum absolute atomic E-state index is 0.186. The van der Waals surface area contributed by atoms with E-state index in [9.17, 15) is 4.79 Å². The Morgan fingerprint density at radius 3 is 2.57 bits per heavy atom. The highest BCUT2D eigenvalue weighted by Gasteiger charge is 2.29. The van der Waals surface area contributed by atoms with Crippen molar-refractivity contribution in [2.45, 2.75) is 26.4 Å². The van der Waals surface area contributed by atoms with Crippen molar-refractivity contribution in [3.63, 3.8) is 0 Å². The molecule has 182 valence electrons. The number of benzene rings is 1. The fourth-order valence-electron chi connectivity index (χ4n) is 4.54. The van der Waals surface area contributed by atoms with Crippen molar-refractivity contribution in [3.8, 4) is 16.9 Å². The van der Waals surface area contributed by atoms with Crippen LogP contribution in [0.4, 0.5) is 13.6 Å². The number of rotatable bonds is 4. The largest absolute Gasteiger partial charge is 0.453 e. The summed E-state index contributed by atoms with van der Waals surface area (Å²) in [5.74, 6) is -1.40. The van der Waals surface area contributed by atoms with Gasteiger partial charge in [0.25, 0.3) is 0 Å². The molecule has 35 heavy (non-hydrogen) atoms. The number of morpholine rings is 1. The molecule has 0 saturated carbocycles. The van der Waals surface area contributed by atoms with E-state index in [4.69, 9.17) is 9.47 Å². The lowest BCUT2D eigenvalue weighted by Crippen LogP contribution is -2.46. The quantitative estimate of drug-likeness (QED) is 0.425. The highest BCUT2D eigenvalue weighted by Crippen LogP contribution is 2.33. The summed E-state index contributed by atoms with van der Waals surface area (Å²) in [5, 5.41) is 0. The van der Waals surface area contributed by atoms with Crippen LogP contribution >= 0.6 is 0 Å². The Labute approximate surface area is 201 Å². The van der Waals surface area contributed by atoms with E-state index >= 15 is 8.78 Å². The summed E-state index contributed by atoms with van der Waals surface area (Å²) in [6.07, 6.45) is 4.90. The summed E-state index contributed by atoms with van der Waals surface area (Å²) >= 11 is 0. The van der Waals surface area contributed by atoms with Crippen LogP contribution in [0.3, 0.4) is 0 Å². The zero-order valence-electron chi connectivity index (χ0n) is 19.8. The van der Waals surface area contributed by atoms with Crippen molar-refractivity contribution in [2.24, 2.45) is 0 Å². The number of amides is 1. The SMILES string of the molecule is COC(=O)N1CCOC(Cc2c(-c3c(F)cc(-n4ccc(C)c4)cc3F)nc3cc(C)ccn23)C1. The number of hydrogen-bond donors (Lipinski definition) is 0. The Kier molecular flexibility index (Phi) is 6.02. The van der Waals surface area contributed by atoms with Gasteiger partial charge in [0.1, 0.15) is 17.3 Å². The summed E-state index contributed by atoms with van der Waals surface area (Å²) in [5.41, 5.74) is 3.59. The van der Waals surface area contributed by atoms with Gasteiger partial charge in [0.15, 0.2) is 0 Å². The topological polar surface area (TPSA) is 61.0 Å².